The third-order valence-corrected chi connectivity index (χ3v) is 7.71. The van der Waals surface area contributed by atoms with E-state index in [4.69, 9.17) is 4.74 Å². The first-order valence-electron chi connectivity index (χ1n) is 12.5. The summed E-state index contributed by atoms with van der Waals surface area (Å²) in [6.07, 6.45) is 7.55. The maximum absolute atomic E-state index is 5.94. The summed E-state index contributed by atoms with van der Waals surface area (Å²) < 4.78 is 7.08. The normalized spacial score (nSPS) is 15.9. The molecule has 0 saturated carbocycles. The molecule has 0 aliphatic heterocycles. The van der Waals surface area contributed by atoms with E-state index in [1.807, 2.05) is 30.3 Å². The molecule has 35 heavy (non-hydrogen) atoms. The first kappa shape index (κ1) is 23.6. The summed E-state index contributed by atoms with van der Waals surface area (Å²) in [5.74, 6) is 0.934. The molecule has 1 aliphatic carbocycles. The average molecular weight is 524 g/mol. The molecule has 0 fully saturated rings. The van der Waals surface area contributed by atoms with Gasteiger partial charge in [-0.1, -0.05) is 121 Å². The number of fused-ring (bicyclic) bond motifs is 3. The summed E-state index contributed by atoms with van der Waals surface area (Å²) in [4.78, 5) is 0. The lowest BCUT2D eigenvalue weighted by Gasteiger charge is -2.33. The molecule has 5 rings (SSSR count). The van der Waals surface area contributed by atoms with Crippen molar-refractivity contribution in [2.24, 2.45) is 0 Å². The Bertz CT molecular complexity index is 1290. The monoisotopic (exact) mass is 522 g/mol. The van der Waals surface area contributed by atoms with E-state index in [1.165, 1.54) is 47.1 Å². The van der Waals surface area contributed by atoms with Crippen molar-refractivity contribution in [3.05, 3.63) is 130 Å². The zero-order valence-electron chi connectivity index (χ0n) is 20.1. The van der Waals surface area contributed by atoms with E-state index in [2.05, 4.69) is 95.3 Å². The highest BCUT2D eigenvalue weighted by molar-refractivity contribution is 9.10. The van der Waals surface area contributed by atoms with E-state index in [0.717, 1.165) is 35.2 Å². The molecule has 1 nitrogen and oxygen atoms in total. The van der Waals surface area contributed by atoms with Crippen molar-refractivity contribution in [2.75, 3.05) is 6.61 Å². The Morgan fingerprint density at radius 3 is 2.23 bits per heavy atom. The van der Waals surface area contributed by atoms with Crippen LogP contribution < -0.4 is 4.74 Å². The molecular weight excluding hydrogens is 492 g/mol. The Morgan fingerprint density at radius 2 is 1.43 bits per heavy atom. The topological polar surface area (TPSA) is 9.23 Å². The molecule has 0 heterocycles. The number of rotatable bonds is 10. The Balaban J connectivity index is 1.30. The van der Waals surface area contributed by atoms with Crippen LogP contribution in [0.1, 0.15) is 54.4 Å². The van der Waals surface area contributed by atoms with Gasteiger partial charge in [0.25, 0.3) is 0 Å². The quantitative estimate of drug-likeness (QED) is 0.188. The zero-order valence-corrected chi connectivity index (χ0v) is 21.6. The third-order valence-electron chi connectivity index (χ3n) is 7.22. The fraction of sp³-hybridized carbons (Fsp3) is 0.212. The summed E-state index contributed by atoms with van der Waals surface area (Å²) >= 11 is 3.75. The first-order valence-corrected chi connectivity index (χ1v) is 13.3. The maximum Gasteiger partial charge on any atom is 0.119 e. The predicted molar refractivity (Wildman–Crippen MR) is 151 cm³/mol. The van der Waals surface area contributed by atoms with Gasteiger partial charge in [-0.3, -0.25) is 0 Å². The fourth-order valence-corrected chi connectivity index (χ4v) is 5.88. The van der Waals surface area contributed by atoms with Gasteiger partial charge in [0.2, 0.25) is 0 Å². The van der Waals surface area contributed by atoms with E-state index in [1.54, 1.807) is 0 Å². The molecule has 0 amide bonds. The summed E-state index contributed by atoms with van der Waals surface area (Å²) in [6, 6.07) is 35.0. The molecule has 1 unspecified atom stereocenters. The smallest absolute Gasteiger partial charge is 0.119 e. The maximum atomic E-state index is 5.94. The van der Waals surface area contributed by atoms with Crippen LogP contribution in [0.4, 0.5) is 0 Å². The molecule has 176 valence electrons. The zero-order chi connectivity index (χ0) is 24.1. The first-order chi connectivity index (χ1) is 17.2. The lowest BCUT2D eigenvalue weighted by molar-refractivity contribution is 0.303. The second-order valence-corrected chi connectivity index (χ2v) is 10.2. The van der Waals surface area contributed by atoms with Gasteiger partial charge in [-0.25, -0.2) is 0 Å². The molecule has 2 heteroatoms. The van der Waals surface area contributed by atoms with Crippen LogP contribution in [0.15, 0.2) is 108 Å². The third kappa shape index (κ3) is 4.73. The van der Waals surface area contributed by atoms with E-state index >= 15 is 0 Å². The number of halogens is 1. The van der Waals surface area contributed by atoms with Crippen molar-refractivity contribution in [1.29, 1.82) is 0 Å². The summed E-state index contributed by atoms with van der Waals surface area (Å²) in [5.41, 5.74) is 7.98. The van der Waals surface area contributed by atoms with Crippen LogP contribution in [0.2, 0.25) is 0 Å². The second-order valence-electron chi connectivity index (χ2n) is 9.29. The molecule has 4 aromatic carbocycles. The Morgan fingerprint density at radius 1 is 0.714 bits per heavy atom. The van der Waals surface area contributed by atoms with Gasteiger partial charge < -0.3 is 4.74 Å². The van der Waals surface area contributed by atoms with Gasteiger partial charge in [-0.15, -0.1) is 0 Å². The lowest BCUT2D eigenvalue weighted by atomic mass is 9.69. The van der Waals surface area contributed by atoms with Crippen LogP contribution in [0.25, 0.3) is 17.2 Å². The molecule has 1 aliphatic rings. The van der Waals surface area contributed by atoms with Gasteiger partial charge in [-0.05, 0) is 70.5 Å². The van der Waals surface area contributed by atoms with Crippen molar-refractivity contribution in [2.45, 2.75) is 37.5 Å². The van der Waals surface area contributed by atoms with Gasteiger partial charge in [0.1, 0.15) is 5.75 Å². The number of ether oxygens (including phenoxy) is 1. The highest BCUT2D eigenvalue weighted by atomic mass is 79.9. The fourth-order valence-electron chi connectivity index (χ4n) is 5.52. The minimum atomic E-state index is -0.111. The van der Waals surface area contributed by atoms with Crippen LogP contribution in [-0.4, -0.2) is 6.61 Å². The average Bonchev–Trinajstić information content (AvgIpc) is 3.19. The number of benzene rings is 4. The van der Waals surface area contributed by atoms with Gasteiger partial charge in [0.05, 0.1) is 6.61 Å². The molecule has 0 N–H and O–H groups in total. The van der Waals surface area contributed by atoms with Gasteiger partial charge in [-0.2, -0.15) is 0 Å². The van der Waals surface area contributed by atoms with Crippen molar-refractivity contribution in [3.63, 3.8) is 0 Å². The summed E-state index contributed by atoms with van der Waals surface area (Å²) in [7, 11) is 0. The summed E-state index contributed by atoms with van der Waals surface area (Å²) in [6.45, 7) is 4.56. The number of unbranched alkanes of at least 4 members (excludes halogenated alkanes) is 3. The molecule has 1 atom stereocenters. The van der Waals surface area contributed by atoms with Crippen molar-refractivity contribution >= 4 is 22.0 Å². The van der Waals surface area contributed by atoms with E-state index in [-0.39, 0.29) is 5.41 Å². The number of hydrogen-bond acceptors (Lipinski definition) is 1. The van der Waals surface area contributed by atoms with Gasteiger partial charge in [0, 0.05) is 9.89 Å². The molecule has 0 saturated heterocycles. The minimum Gasteiger partial charge on any atom is -0.494 e. The SMILES string of the molecule is C=Cc1ccc(OCCCCCCC2(c3ccccc3)c3ccccc3-c3ccc(Br)cc32)cc1. The van der Waals surface area contributed by atoms with Gasteiger partial charge >= 0.3 is 0 Å². The van der Waals surface area contributed by atoms with Crippen molar-refractivity contribution in [1.82, 2.24) is 0 Å². The molecule has 0 aromatic heterocycles. The van der Waals surface area contributed by atoms with Crippen LogP contribution in [0.5, 0.6) is 5.75 Å². The highest BCUT2D eigenvalue weighted by Crippen LogP contribution is 2.55. The lowest BCUT2D eigenvalue weighted by Crippen LogP contribution is -2.27. The van der Waals surface area contributed by atoms with Gasteiger partial charge in [0.15, 0.2) is 0 Å². The summed E-state index contributed by atoms with van der Waals surface area (Å²) in [5, 5.41) is 0. The predicted octanol–water partition coefficient (Wildman–Crippen LogP) is 9.44. The highest BCUT2D eigenvalue weighted by Gasteiger charge is 2.43. The minimum absolute atomic E-state index is 0.111. The molecule has 0 radical (unpaired) electrons. The Labute approximate surface area is 217 Å². The van der Waals surface area contributed by atoms with Crippen LogP contribution in [0.3, 0.4) is 0 Å². The van der Waals surface area contributed by atoms with E-state index in [9.17, 15) is 0 Å². The Hall–Kier alpha value is -3.10. The van der Waals surface area contributed by atoms with Crippen molar-refractivity contribution < 1.29 is 4.74 Å². The van der Waals surface area contributed by atoms with E-state index in [0.29, 0.717) is 0 Å². The molecule has 4 aromatic rings. The second kappa shape index (κ2) is 10.7. The standard InChI is InChI=1S/C33H31BrO/c1-2-25-16-19-28(20-17-25)35-23-11-4-3-10-22-33(26-12-6-5-7-13-26)31-15-9-8-14-29(31)30-21-18-27(34)24-32(30)33/h2,5-9,12-21,24H,1,3-4,10-11,22-23H2. The Kier molecular flexibility index (Phi) is 7.20. The van der Waals surface area contributed by atoms with Crippen LogP contribution >= 0.6 is 15.9 Å². The van der Waals surface area contributed by atoms with Crippen LogP contribution in [-0.2, 0) is 5.41 Å². The van der Waals surface area contributed by atoms with Crippen molar-refractivity contribution in [3.8, 4) is 16.9 Å². The molecule has 0 spiro atoms. The van der Waals surface area contributed by atoms with Crippen LogP contribution in [0, 0.1) is 0 Å². The largest absolute Gasteiger partial charge is 0.494 e. The molecular formula is C33H31BrO. The number of hydrogen-bond donors (Lipinski definition) is 0. The van der Waals surface area contributed by atoms with E-state index < -0.39 is 0 Å². The molecule has 0 bridgehead atoms.